The Bertz CT molecular complexity index is 504. The van der Waals surface area contributed by atoms with Gasteiger partial charge in [-0.15, -0.1) is 0 Å². The summed E-state index contributed by atoms with van der Waals surface area (Å²) < 4.78 is 10.8. The summed E-state index contributed by atoms with van der Waals surface area (Å²) in [6, 6.07) is 11.0. The SMILES string of the molecule is O=C1OC[C@H]2[C@H]3O[C@H]3[C@H](CCCCc3ccccc3)N12. The van der Waals surface area contributed by atoms with Crippen molar-refractivity contribution in [3.8, 4) is 0 Å². The molecule has 1 amide bonds. The van der Waals surface area contributed by atoms with Gasteiger partial charge in [0.2, 0.25) is 0 Å². The average Bonchev–Trinajstić information content (AvgIpc) is 3.08. The van der Waals surface area contributed by atoms with Gasteiger partial charge in [0.15, 0.2) is 0 Å². The Labute approximate surface area is 118 Å². The smallest absolute Gasteiger partial charge is 0.410 e. The molecule has 3 saturated heterocycles. The highest BCUT2D eigenvalue weighted by molar-refractivity contribution is 5.72. The molecule has 0 saturated carbocycles. The van der Waals surface area contributed by atoms with Crippen molar-refractivity contribution < 1.29 is 14.3 Å². The van der Waals surface area contributed by atoms with E-state index in [9.17, 15) is 4.79 Å². The lowest BCUT2D eigenvalue weighted by molar-refractivity contribution is 0.121. The van der Waals surface area contributed by atoms with E-state index in [0.29, 0.717) is 6.61 Å². The van der Waals surface area contributed by atoms with Crippen LogP contribution < -0.4 is 0 Å². The van der Waals surface area contributed by atoms with Crippen molar-refractivity contribution in [2.75, 3.05) is 6.61 Å². The van der Waals surface area contributed by atoms with Gasteiger partial charge in [-0.3, -0.25) is 4.90 Å². The molecule has 0 unspecified atom stereocenters. The summed E-state index contributed by atoms with van der Waals surface area (Å²) >= 11 is 0. The van der Waals surface area contributed by atoms with Gasteiger partial charge in [-0.05, 0) is 24.8 Å². The fourth-order valence-electron chi connectivity index (χ4n) is 3.63. The van der Waals surface area contributed by atoms with E-state index in [4.69, 9.17) is 9.47 Å². The molecular formula is C16H19NO3. The molecule has 0 aromatic heterocycles. The van der Waals surface area contributed by atoms with Crippen molar-refractivity contribution in [2.24, 2.45) is 0 Å². The zero-order valence-electron chi connectivity index (χ0n) is 11.4. The molecule has 1 aromatic rings. The van der Waals surface area contributed by atoms with Crippen molar-refractivity contribution in [3.05, 3.63) is 35.9 Å². The molecule has 4 rings (SSSR count). The number of aryl methyl sites for hydroxylation is 1. The highest BCUT2D eigenvalue weighted by atomic mass is 16.6. The summed E-state index contributed by atoms with van der Waals surface area (Å²) in [7, 11) is 0. The van der Waals surface area contributed by atoms with E-state index in [1.165, 1.54) is 5.56 Å². The van der Waals surface area contributed by atoms with Crippen molar-refractivity contribution in [2.45, 2.75) is 50.0 Å². The Morgan fingerprint density at radius 2 is 2.00 bits per heavy atom. The minimum absolute atomic E-state index is 0.140. The van der Waals surface area contributed by atoms with Crippen LogP contribution in [0.5, 0.6) is 0 Å². The monoisotopic (exact) mass is 273 g/mol. The van der Waals surface area contributed by atoms with E-state index < -0.39 is 0 Å². The number of cyclic esters (lactones) is 1. The second kappa shape index (κ2) is 4.77. The molecule has 4 heteroatoms. The quantitative estimate of drug-likeness (QED) is 0.611. The van der Waals surface area contributed by atoms with Crippen LogP contribution in [0.1, 0.15) is 24.8 Å². The zero-order valence-corrected chi connectivity index (χ0v) is 11.4. The Morgan fingerprint density at radius 1 is 1.15 bits per heavy atom. The van der Waals surface area contributed by atoms with Gasteiger partial charge in [0, 0.05) is 0 Å². The van der Waals surface area contributed by atoms with Crippen LogP contribution in [-0.4, -0.2) is 41.9 Å². The Balaban J connectivity index is 1.29. The number of hydrogen-bond acceptors (Lipinski definition) is 3. The Kier molecular flexibility index (Phi) is 2.91. The van der Waals surface area contributed by atoms with Gasteiger partial charge in [-0.25, -0.2) is 4.79 Å². The van der Waals surface area contributed by atoms with Crippen LogP contribution in [0.4, 0.5) is 4.79 Å². The van der Waals surface area contributed by atoms with Crippen LogP contribution in [0.25, 0.3) is 0 Å². The van der Waals surface area contributed by atoms with Crippen molar-refractivity contribution in [1.29, 1.82) is 0 Å². The summed E-state index contributed by atoms with van der Waals surface area (Å²) in [4.78, 5) is 13.7. The number of morpholine rings is 1. The van der Waals surface area contributed by atoms with E-state index in [0.717, 1.165) is 25.7 Å². The summed E-state index contributed by atoms with van der Waals surface area (Å²) in [5.74, 6) is 0. The third kappa shape index (κ3) is 1.99. The van der Waals surface area contributed by atoms with Gasteiger partial charge in [0.1, 0.15) is 18.8 Å². The highest BCUT2D eigenvalue weighted by Crippen LogP contribution is 2.45. The normalized spacial score (nSPS) is 33.8. The van der Waals surface area contributed by atoms with E-state index in [1.54, 1.807) is 0 Å². The lowest BCUT2D eigenvalue weighted by Crippen LogP contribution is -2.40. The number of rotatable bonds is 5. The number of carbonyl (C=O) groups is 1. The van der Waals surface area contributed by atoms with Crippen LogP contribution in [0.15, 0.2) is 30.3 Å². The standard InChI is InChI=1S/C16H19NO3/c18-16-17-12(14-15(20-14)13(17)10-19-16)9-5-4-8-11-6-2-1-3-7-11/h1-3,6-7,12-15H,4-5,8-10H2/t12-,13-,14-,15+/m0/s1. The summed E-state index contributed by atoms with van der Waals surface area (Å²) in [6.45, 7) is 0.514. The number of fused-ring (bicyclic) bond motifs is 3. The minimum atomic E-state index is -0.140. The topological polar surface area (TPSA) is 42.1 Å². The first-order chi connectivity index (χ1) is 9.84. The number of ether oxygens (including phenoxy) is 2. The number of carbonyl (C=O) groups excluding carboxylic acids is 1. The van der Waals surface area contributed by atoms with Crippen LogP contribution in [0, 0.1) is 0 Å². The largest absolute Gasteiger partial charge is 0.447 e. The van der Waals surface area contributed by atoms with Gasteiger partial charge in [0.05, 0.1) is 12.1 Å². The first kappa shape index (κ1) is 12.2. The number of unbranched alkanes of at least 4 members (excludes halogenated alkanes) is 1. The molecule has 3 fully saturated rings. The molecule has 0 N–H and O–H groups in total. The lowest BCUT2D eigenvalue weighted by Gasteiger charge is -2.24. The molecule has 0 aliphatic carbocycles. The van der Waals surface area contributed by atoms with Crippen molar-refractivity contribution >= 4 is 6.09 Å². The molecule has 0 bridgehead atoms. The maximum Gasteiger partial charge on any atom is 0.410 e. The third-order valence-corrected chi connectivity index (χ3v) is 4.68. The summed E-state index contributed by atoms with van der Waals surface area (Å²) in [6.07, 6.45) is 4.81. The number of benzene rings is 1. The first-order valence-corrected chi connectivity index (χ1v) is 7.49. The predicted octanol–water partition coefficient (Wildman–Crippen LogP) is 2.37. The van der Waals surface area contributed by atoms with Crippen molar-refractivity contribution in [3.63, 3.8) is 0 Å². The molecular weight excluding hydrogens is 254 g/mol. The maximum atomic E-state index is 11.7. The van der Waals surface area contributed by atoms with Gasteiger partial charge in [0.25, 0.3) is 0 Å². The number of hydrogen-bond donors (Lipinski definition) is 0. The fourth-order valence-corrected chi connectivity index (χ4v) is 3.63. The van der Waals surface area contributed by atoms with E-state index >= 15 is 0 Å². The number of nitrogens with zero attached hydrogens (tertiary/aromatic N) is 1. The second-order valence-electron chi connectivity index (χ2n) is 5.92. The molecule has 3 heterocycles. The fraction of sp³-hybridized carbons (Fsp3) is 0.562. The van der Waals surface area contributed by atoms with Crippen LogP contribution in [0.3, 0.4) is 0 Å². The average molecular weight is 273 g/mol. The summed E-state index contributed by atoms with van der Waals surface area (Å²) in [5.41, 5.74) is 1.39. The summed E-state index contributed by atoms with van der Waals surface area (Å²) in [5, 5.41) is 0. The van der Waals surface area contributed by atoms with E-state index in [2.05, 4.69) is 24.3 Å². The minimum Gasteiger partial charge on any atom is -0.447 e. The number of amides is 1. The third-order valence-electron chi connectivity index (χ3n) is 4.68. The van der Waals surface area contributed by atoms with E-state index in [1.807, 2.05) is 11.0 Å². The van der Waals surface area contributed by atoms with Gasteiger partial charge in [-0.1, -0.05) is 36.8 Å². The van der Waals surface area contributed by atoms with Gasteiger partial charge in [-0.2, -0.15) is 0 Å². The Morgan fingerprint density at radius 3 is 2.85 bits per heavy atom. The maximum absolute atomic E-state index is 11.7. The highest BCUT2D eigenvalue weighted by Gasteiger charge is 2.64. The molecule has 3 aliphatic rings. The van der Waals surface area contributed by atoms with Gasteiger partial charge < -0.3 is 9.47 Å². The lowest BCUT2D eigenvalue weighted by atomic mass is 10.0. The Hall–Kier alpha value is -1.55. The van der Waals surface area contributed by atoms with Crippen LogP contribution in [0.2, 0.25) is 0 Å². The van der Waals surface area contributed by atoms with Crippen LogP contribution >= 0.6 is 0 Å². The molecule has 4 nitrogen and oxygen atoms in total. The second-order valence-corrected chi connectivity index (χ2v) is 5.92. The molecule has 0 radical (unpaired) electrons. The molecule has 3 aliphatic heterocycles. The molecule has 0 spiro atoms. The first-order valence-electron chi connectivity index (χ1n) is 7.49. The molecule has 4 atom stereocenters. The predicted molar refractivity (Wildman–Crippen MR) is 73.4 cm³/mol. The van der Waals surface area contributed by atoms with Crippen LogP contribution in [-0.2, 0) is 15.9 Å². The number of epoxide rings is 1. The molecule has 106 valence electrons. The zero-order chi connectivity index (χ0) is 13.5. The molecule has 20 heavy (non-hydrogen) atoms. The van der Waals surface area contributed by atoms with Crippen molar-refractivity contribution in [1.82, 2.24) is 4.90 Å². The molecule has 1 aromatic carbocycles. The van der Waals surface area contributed by atoms with Gasteiger partial charge >= 0.3 is 6.09 Å². The van der Waals surface area contributed by atoms with E-state index in [-0.39, 0.29) is 30.4 Å².